The van der Waals surface area contributed by atoms with E-state index in [1.165, 1.54) is 0 Å². The number of anilines is 1. The summed E-state index contributed by atoms with van der Waals surface area (Å²) >= 11 is 0. The molecular formula is C22H28N4O2. The topological polar surface area (TPSA) is 58.6 Å². The van der Waals surface area contributed by atoms with E-state index < -0.39 is 0 Å². The summed E-state index contributed by atoms with van der Waals surface area (Å²) < 4.78 is 5.85. The standard InChI is InChI=1S/C22H28N4O2/c1-18-6-2-3-7-19(18)28-17-21(27)26-14-5-9-22(26)8-4-13-25(15-10-22)20-16-23-11-12-24-20/h2-3,6-7,11-12,16H,4-5,8-10,13-15,17H2,1H3/t22-/m1/s1. The Morgan fingerprint density at radius 1 is 1.11 bits per heavy atom. The van der Waals surface area contributed by atoms with Crippen molar-refractivity contribution in [2.45, 2.75) is 44.6 Å². The molecule has 2 aromatic rings. The molecule has 1 atom stereocenters. The minimum atomic E-state index is -0.0386. The summed E-state index contributed by atoms with van der Waals surface area (Å²) in [6, 6.07) is 7.85. The molecule has 2 aliphatic rings. The highest BCUT2D eigenvalue weighted by atomic mass is 16.5. The highest BCUT2D eigenvalue weighted by Gasteiger charge is 2.44. The van der Waals surface area contributed by atoms with Gasteiger partial charge in [-0.15, -0.1) is 0 Å². The molecule has 2 saturated heterocycles. The van der Waals surface area contributed by atoms with Crippen LogP contribution in [0.5, 0.6) is 5.75 Å². The average molecular weight is 380 g/mol. The van der Waals surface area contributed by atoms with Gasteiger partial charge in [0.15, 0.2) is 6.61 Å². The van der Waals surface area contributed by atoms with Crippen LogP contribution in [0.25, 0.3) is 0 Å². The normalized spacial score (nSPS) is 22.3. The maximum atomic E-state index is 13.0. The van der Waals surface area contributed by atoms with E-state index in [4.69, 9.17) is 4.74 Å². The number of carbonyl (C=O) groups is 1. The summed E-state index contributed by atoms with van der Waals surface area (Å²) in [6.45, 7) is 4.81. The number of para-hydroxylation sites is 1. The van der Waals surface area contributed by atoms with E-state index in [0.29, 0.717) is 0 Å². The summed E-state index contributed by atoms with van der Waals surface area (Å²) in [7, 11) is 0. The van der Waals surface area contributed by atoms with Crippen molar-refractivity contribution in [3.05, 3.63) is 48.4 Å². The van der Waals surface area contributed by atoms with Gasteiger partial charge in [0.25, 0.3) is 5.91 Å². The molecule has 1 aromatic carbocycles. The third-order valence-electron chi connectivity index (χ3n) is 6.13. The van der Waals surface area contributed by atoms with E-state index in [2.05, 4.69) is 19.8 Å². The van der Waals surface area contributed by atoms with Gasteiger partial charge < -0.3 is 14.5 Å². The van der Waals surface area contributed by atoms with Crippen LogP contribution in [0.3, 0.4) is 0 Å². The van der Waals surface area contributed by atoms with Gasteiger partial charge in [-0.25, -0.2) is 4.98 Å². The number of amides is 1. The molecule has 1 spiro atoms. The predicted octanol–water partition coefficient (Wildman–Crippen LogP) is 3.22. The van der Waals surface area contributed by atoms with Gasteiger partial charge >= 0.3 is 0 Å². The number of nitrogens with zero attached hydrogens (tertiary/aromatic N) is 4. The molecule has 0 unspecified atom stereocenters. The first-order valence-corrected chi connectivity index (χ1v) is 10.2. The quantitative estimate of drug-likeness (QED) is 0.815. The maximum Gasteiger partial charge on any atom is 0.260 e. The Kier molecular flexibility index (Phi) is 5.46. The zero-order valence-corrected chi connectivity index (χ0v) is 16.5. The first-order valence-electron chi connectivity index (χ1n) is 10.2. The number of hydrogen-bond donors (Lipinski definition) is 0. The van der Waals surface area contributed by atoms with Gasteiger partial charge in [-0.3, -0.25) is 9.78 Å². The van der Waals surface area contributed by atoms with Gasteiger partial charge in [-0.1, -0.05) is 18.2 Å². The van der Waals surface area contributed by atoms with Crippen molar-refractivity contribution in [2.24, 2.45) is 0 Å². The van der Waals surface area contributed by atoms with Crippen molar-refractivity contribution in [1.82, 2.24) is 14.9 Å². The minimum absolute atomic E-state index is 0.0386. The van der Waals surface area contributed by atoms with Crippen LogP contribution >= 0.6 is 0 Å². The lowest BCUT2D eigenvalue weighted by Gasteiger charge is -2.38. The number of ether oxygens (including phenoxy) is 1. The lowest BCUT2D eigenvalue weighted by molar-refractivity contribution is -0.138. The van der Waals surface area contributed by atoms with Crippen LogP contribution in [-0.4, -0.2) is 52.6 Å². The van der Waals surface area contributed by atoms with Crippen LogP contribution in [0.15, 0.2) is 42.9 Å². The van der Waals surface area contributed by atoms with Crippen molar-refractivity contribution >= 4 is 11.7 Å². The molecule has 28 heavy (non-hydrogen) atoms. The summed E-state index contributed by atoms with van der Waals surface area (Å²) in [6.07, 6.45) is 10.5. The van der Waals surface area contributed by atoms with Gasteiger partial charge in [0, 0.05) is 37.6 Å². The highest BCUT2D eigenvalue weighted by molar-refractivity contribution is 5.79. The Bertz CT molecular complexity index is 813. The van der Waals surface area contributed by atoms with Crippen LogP contribution in [0.4, 0.5) is 5.82 Å². The van der Waals surface area contributed by atoms with Crippen LogP contribution < -0.4 is 9.64 Å². The Balaban J connectivity index is 1.42. The largest absolute Gasteiger partial charge is 0.484 e. The van der Waals surface area contributed by atoms with E-state index in [9.17, 15) is 4.79 Å². The SMILES string of the molecule is Cc1ccccc1OCC(=O)N1CCC[C@@]12CCCN(c1cnccn1)CC2. The molecule has 4 rings (SSSR count). The van der Waals surface area contributed by atoms with Crippen molar-refractivity contribution < 1.29 is 9.53 Å². The Morgan fingerprint density at radius 2 is 1.93 bits per heavy atom. The monoisotopic (exact) mass is 380 g/mol. The number of hydrogen-bond acceptors (Lipinski definition) is 5. The Morgan fingerprint density at radius 3 is 2.71 bits per heavy atom. The molecule has 2 fully saturated rings. The number of likely N-dealkylation sites (tertiary alicyclic amines) is 1. The van der Waals surface area contributed by atoms with Gasteiger partial charge in [-0.2, -0.15) is 0 Å². The molecule has 1 aromatic heterocycles. The van der Waals surface area contributed by atoms with Gasteiger partial charge in [-0.05, 0) is 50.7 Å². The lowest BCUT2D eigenvalue weighted by Crippen LogP contribution is -2.49. The number of aromatic nitrogens is 2. The second kappa shape index (κ2) is 8.17. The van der Waals surface area contributed by atoms with Gasteiger partial charge in [0.05, 0.1) is 6.20 Å². The van der Waals surface area contributed by atoms with E-state index in [-0.39, 0.29) is 18.1 Å². The van der Waals surface area contributed by atoms with Crippen molar-refractivity contribution in [3.63, 3.8) is 0 Å². The van der Waals surface area contributed by atoms with Crippen molar-refractivity contribution in [1.29, 1.82) is 0 Å². The van der Waals surface area contributed by atoms with Crippen LogP contribution in [0.1, 0.15) is 37.7 Å². The molecular weight excluding hydrogens is 352 g/mol. The molecule has 0 saturated carbocycles. The number of aryl methyl sites for hydroxylation is 1. The molecule has 0 N–H and O–H groups in total. The van der Waals surface area contributed by atoms with Crippen LogP contribution in [0.2, 0.25) is 0 Å². The third kappa shape index (κ3) is 3.81. The second-order valence-electron chi connectivity index (χ2n) is 7.83. The number of benzene rings is 1. The zero-order valence-electron chi connectivity index (χ0n) is 16.5. The summed E-state index contributed by atoms with van der Waals surface area (Å²) in [5, 5.41) is 0. The molecule has 1 amide bonds. The van der Waals surface area contributed by atoms with E-state index >= 15 is 0 Å². The van der Waals surface area contributed by atoms with Crippen molar-refractivity contribution in [3.8, 4) is 5.75 Å². The van der Waals surface area contributed by atoms with E-state index in [1.54, 1.807) is 12.4 Å². The summed E-state index contributed by atoms with van der Waals surface area (Å²) in [4.78, 5) is 26.1. The summed E-state index contributed by atoms with van der Waals surface area (Å²) in [5.41, 5.74) is 1.02. The molecule has 148 valence electrons. The van der Waals surface area contributed by atoms with Crippen molar-refractivity contribution in [2.75, 3.05) is 31.1 Å². The third-order valence-corrected chi connectivity index (χ3v) is 6.13. The van der Waals surface area contributed by atoms with E-state index in [0.717, 1.165) is 68.9 Å². The number of rotatable bonds is 4. The Hall–Kier alpha value is -2.63. The van der Waals surface area contributed by atoms with Crippen LogP contribution in [0, 0.1) is 6.92 Å². The van der Waals surface area contributed by atoms with Gasteiger partial charge in [0.2, 0.25) is 0 Å². The molecule has 0 aliphatic carbocycles. The van der Waals surface area contributed by atoms with E-state index in [1.807, 2.05) is 37.4 Å². The first kappa shape index (κ1) is 18.7. The fraction of sp³-hybridized carbons (Fsp3) is 0.500. The zero-order chi connectivity index (χ0) is 19.4. The molecule has 0 radical (unpaired) electrons. The summed E-state index contributed by atoms with van der Waals surface area (Å²) in [5.74, 6) is 1.82. The lowest BCUT2D eigenvalue weighted by atomic mass is 9.87. The smallest absolute Gasteiger partial charge is 0.260 e. The Labute approximate surface area is 166 Å². The molecule has 2 aliphatic heterocycles. The highest BCUT2D eigenvalue weighted by Crippen LogP contribution is 2.39. The maximum absolute atomic E-state index is 13.0. The average Bonchev–Trinajstić information content (AvgIpc) is 3.01. The second-order valence-corrected chi connectivity index (χ2v) is 7.83. The fourth-order valence-electron chi connectivity index (χ4n) is 4.65. The van der Waals surface area contributed by atoms with Gasteiger partial charge in [0.1, 0.15) is 11.6 Å². The molecule has 0 bridgehead atoms. The number of carbonyl (C=O) groups excluding carboxylic acids is 1. The fourth-order valence-corrected chi connectivity index (χ4v) is 4.65. The first-order chi connectivity index (χ1) is 13.7. The molecule has 6 heteroatoms. The predicted molar refractivity (Wildman–Crippen MR) is 108 cm³/mol. The molecule has 6 nitrogen and oxygen atoms in total. The van der Waals surface area contributed by atoms with Crippen LogP contribution in [-0.2, 0) is 4.79 Å². The minimum Gasteiger partial charge on any atom is -0.484 e. The molecule has 3 heterocycles.